The Bertz CT molecular complexity index is 408. The van der Waals surface area contributed by atoms with E-state index in [0.29, 0.717) is 6.42 Å². The second-order valence-electron chi connectivity index (χ2n) is 3.15. The summed E-state index contributed by atoms with van der Waals surface area (Å²) >= 11 is 0. The van der Waals surface area contributed by atoms with Crippen LogP contribution in [0.1, 0.15) is 12.5 Å². The number of nitrogens with zero attached hydrogens (tertiary/aromatic N) is 3. The molecule has 0 bridgehead atoms. The molecule has 0 aliphatic heterocycles. The quantitative estimate of drug-likeness (QED) is 0.732. The maximum atomic E-state index is 9.17. The van der Waals surface area contributed by atoms with Crippen LogP contribution < -0.4 is 0 Å². The smallest absolute Gasteiger partial charge is 0.154 e. The Labute approximate surface area is 75.8 Å². The molecule has 0 amide bonds. The van der Waals surface area contributed by atoms with E-state index >= 15 is 0 Å². The summed E-state index contributed by atoms with van der Waals surface area (Å²) in [5, 5.41) is 13.2. The van der Waals surface area contributed by atoms with Crippen LogP contribution in [0, 0.1) is 0 Å². The summed E-state index contributed by atoms with van der Waals surface area (Å²) in [6, 6.07) is 1.84. The number of hydrogen-bond acceptors (Lipinski definition) is 3. The van der Waals surface area contributed by atoms with Gasteiger partial charge < -0.3 is 5.11 Å². The van der Waals surface area contributed by atoms with Gasteiger partial charge in [-0.1, -0.05) is 0 Å². The first-order chi connectivity index (χ1) is 6.25. The predicted octanol–water partition coefficient (Wildman–Crippen LogP) is 0.653. The number of aliphatic hydroxyl groups excluding tert-OH is 1. The molecule has 68 valence electrons. The van der Waals surface area contributed by atoms with Crippen molar-refractivity contribution in [1.82, 2.24) is 14.6 Å². The average Bonchev–Trinajstić information content (AvgIpc) is 2.49. The zero-order valence-electron chi connectivity index (χ0n) is 7.38. The van der Waals surface area contributed by atoms with Crippen molar-refractivity contribution >= 4 is 5.65 Å². The average molecular weight is 177 g/mol. The van der Waals surface area contributed by atoms with Gasteiger partial charge in [-0.05, 0) is 12.5 Å². The van der Waals surface area contributed by atoms with Gasteiger partial charge >= 0.3 is 0 Å². The van der Waals surface area contributed by atoms with E-state index < -0.39 is 0 Å². The number of hydrogen-bond donors (Lipinski definition) is 1. The molecular formula is C9H11N3O. The van der Waals surface area contributed by atoms with Crippen LogP contribution in [0.2, 0.25) is 0 Å². The number of rotatable bonds is 2. The first-order valence-electron chi connectivity index (χ1n) is 4.22. The summed E-state index contributed by atoms with van der Waals surface area (Å²) in [6.07, 6.45) is 5.63. The molecule has 1 unspecified atom stereocenters. The van der Waals surface area contributed by atoms with Crippen molar-refractivity contribution in [2.24, 2.45) is 0 Å². The van der Waals surface area contributed by atoms with Crippen molar-refractivity contribution in [3.63, 3.8) is 0 Å². The summed E-state index contributed by atoms with van der Waals surface area (Å²) in [6.45, 7) is 1.76. The number of aliphatic hydroxyl groups is 1. The Kier molecular flexibility index (Phi) is 1.98. The van der Waals surface area contributed by atoms with Gasteiger partial charge in [-0.3, -0.25) is 0 Å². The summed E-state index contributed by atoms with van der Waals surface area (Å²) in [4.78, 5) is 4.18. The highest BCUT2D eigenvalue weighted by molar-refractivity contribution is 5.35. The highest BCUT2D eigenvalue weighted by Gasteiger charge is 2.01. The van der Waals surface area contributed by atoms with Crippen LogP contribution in [0.4, 0.5) is 0 Å². The SMILES string of the molecule is CC(O)Cc1cnc2ccnn2c1. The molecule has 2 rings (SSSR count). The standard InChI is InChI=1S/C9H11N3O/c1-7(13)4-8-5-10-9-2-3-11-12(9)6-8/h2-3,5-7,13H,4H2,1H3. The van der Waals surface area contributed by atoms with Crippen LogP contribution in [0.25, 0.3) is 5.65 Å². The van der Waals surface area contributed by atoms with Crippen molar-refractivity contribution < 1.29 is 5.11 Å². The van der Waals surface area contributed by atoms with Gasteiger partial charge in [0.05, 0.1) is 12.3 Å². The van der Waals surface area contributed by atoms with E-state index in [0.717, 1.165) is 11.2 Å². The molecule has 0 fully saturated rings. The van der Waals surface area contributed by atoms with E-state index in [-0.39, 0.29) is 6.10 Å². The van der Waals surface area contributed by atoms with Crippen LogP contribution in [-0.2, 0) is 6.42 Å². The molecule has 0 aliphatic carbocycles. The molecule has 0 aromatic carbocycles. The summed E-state index contributed by atoms with van der Waals surface area (Å²) < 4.78 is 1.71. The Hall–Kier alpha value is -1.42. The van der Waals surface area contributed by atoms with Crippen LogP contribution in [0.15, 0.2) is 24.7 Å². The number of fused-ring (bicyclic) bond motifs is 1. The van der Waals surface area contributed by atoms with Gasteiger partial charge in [0.15, 0.2) is 5.65 Å². The molecule has 0 radical (unpaired) electrons. The summed E-state index contributed by atoms with van der Waals surface area (Å²) in [5.41, 5.74) is 1.82. The van der Waals surface area contributed by atoms with Gasteiger partial charge in [0, 0.05) is 24.9 Å². The normalized spacial score (nSPS) is 13.4. The fraction of sp³-hybridized carbons (Fsp3) is 0.333. The molecule has 1 atom stereocenters. The molecule has 2 aromatic rings. The van der Waals surface area contributed by atoms with Gasteiger partial charge in [-0.2, -0.15) is 5.10 Å². The van der Waals surface area contributed by atoms with Crippen molar-refractivity contribution in [3.8, 4) is 0 Å². The summed E-state index contributed by atoms with van der Waals surface area (Å²) in [5.74, 6) is 0. The van der Waals surface area contributed by atoms with Crippen molar-refractivity contribution in [3.05, 3.63) is 30.2 Å². The molecule has 0 spiro atoms. The molecule has 0 saturated carbocycles. The largest absolute Gasteiger partial charge is 0.393 e. The Morgan fingerprint density at radius 3 is 3.23 bits per heavy atom. The van der Waals surface area contributed by atoms with E-state index in [4.69, 9.17) is 0 Å². The second kappa shape index (κ2) is 3.14. The van der Waals surface area contributed by atoms with Gasteiger partial charge in [-0.15, -0.1) is 0 Å². The lowest BCUT2D eigenvalue weighted by molar-refractivity contribution is 0.195. The zero-order chi connectivity index (χ0) is 9.26. The van der Waals surface area contributed by atoms with Gasteiger partial charge in [0.1, 0.15) is 0 Å². The minimum absolute atomic E-state index is 0.338. The third-order valence-electron chi connectivity index (χ3n) is 1.83. The molecule has 4 nitrogen and oxygen atoms in total. The molecule has 2 heterocycles. The zero-order valence-corrected chi connectivity index (χ0v) is 7.38. The van der Waals surface area contributed by atoms with E-state index in [1.165, 1.54) is 0 Å². The highest BCUT2D eigenvalue weighted by atomic mass is 16.3. The topological polar surface area (TPSA) is 50.4 Å². The third-order valence-corrected chi connectivity index (χ3v) is 1.83. The van der Waals surface area contributed by atoms with Crippen LogP contribution >= 0.6 is 0 Å². The van der Waals surface area contributed by atoms with E-state index in [2.05, 4.69) is 10.1 Å². The Morgan fingerprint density at radius 2 is 2.46 bits per heavy atom. The van der Waals surface area contributed by atoms with Crippen LogP contribution in [-0.4, -0.2) is 25.8 Å². The maximum absolute atomic E-state index is 9.17. The third kappa shape index (κ3) is 1.67. The first kappa shape index (κ1) is 8.19. The van der Waals surface area contributed by atoms with Crippen LogP contribution in [0.3, 0.4) is 0 Å². The van der Waals surface area contributed by atoms with Gasteiger partial charge in [-0.25, -0.2) is 9.50 Å². The van der Waals surface area contributed by atoms with E-state index in [9.17, 15) is 5.11 Å². The lowest BCUT2D eigenvalue weighted by Crippen LogP contribution is -2.05. The monoisotopic (exact) mass is 177 g/mol. The maximum Gasteiger partial charge on any atom is 0.154 e. The highest BCUT2D eigenvalue weighted by Crippen LogP contribution is 2.04. The number of aromatic nitrogens is 3. The molecule has 13 heavy (non-hydrogen) atoms. The van der Waals surface area contributed by atoms with Crippen molar-refractivity contribution in [2.75, 3.05) is 0 Å². The molecule has 0 saturated heterocycles. The second-order valence-corrected chi connectivity index (χ2v) is 3.15. The molecular weight excluding hydrogens is 166 g/mol. The van der Waals surface area contributed by atoms with E-state index in [1.807, 2.05) is 12.3 Å². The fourth-order valence-electron chi connectivity index (χ4n) is 1.29. The lowest BCUT2D eigenvalue weighted by atomic mass is 10.2. The minimum Gasteiger partial charge on any atom is -0.393 e. The lowest BCUT2D eigenvalue weighted by Gasteiger charge is -2.03. The van der Waals surface area contributed by atoms with Crippen molar-refractivity contribution in [1.29, 1.82) is 0 Å². The van der Waals surface area contributed by atoms with Crippen molar-refractivity contribution in [2.45, 2.75) is 19.4 Å². The predicted molar refractivity (Wildman–Crippen MR) is 48.4 cm³/mol. The Balaban J connectivity index is 2.37. The van der Waals surface area contributed by atoms with Gasteiger partial charge in [0.2, 0.25) is 0 Å². The Morgan fingerprint density at radius 1 is 1.62 bits per heavy atom. The minimum atomic E-state index is -0.338. The molecule has 0 aliphatic rings. The van der Waals surface area contributed by atoms with E-state index in [1.54, 1.807) is 23.8 Å². The van der Waals surface area contributed by atoms with Gasteiger partial charge in [0.25, 0.3) is 0 Å². The molecule has 1 N–H and O–H groups in total. The summed E-state index contributed by atoms with van der Waals surface area (Å²) in [7, 11) is 0. The molecule has 2 aromatic heterocycles. The molecule has 4 heteroatoms. The van der Waals surface area contributed by atoms with Crippen LogP contribution in [0.5, 0.6) is 0 Å². The first-order valence-corrected chi connectivity index (χ1v) is 4.22. The fourth-order valence-corrected chi connectivity index (χ4v) is 1.29.